The molecule has 3 rings (SSSR count). The van der Waals surface area contributed by atoms with E-state index in [4.69, 9.17) is 12.2 Å². The lowest BCUT2D eigenvalue weighted by Crippen LogP contribution is -2.24. The molecule has 0 saturated heterocycles. The minimum absolute atomic E-state index is 0.468. The van der Waals surface area contributed by atoms with Crippen molar-refractivity contribution in [3.63, 3.8) is 0 Å². The number of rotatable bonds is 3. The van der Waals surface area contributed by atoms with Gasteiger partial charge in [-0.05, 0) is 50.7 Å². The third kappa shape index (κ3) is 3.46. The van der Waals surface area contributed by atoms with E-state index in [9.17, 15) is 0 Å². The van der Waals surface area contributed by atoms with Gasteiger partial charge in [0.15, 0.2) is 5.11 Å². The summed E-state index contributed by atoms with van der Waals surface area (Å²) >= 11 is 5.31. The maximum absolute atomic E-state index is 5.31. The van der Waals surface area contributed by atoms with Gasteiger partial charge in [-0.25, -0.2) is 0 Å². The zero-order chi connectivity index (χ0) is 17.1. The number of benzene rings is 2. The van der Waals surface area contributed by atoms with Crippen LogP contribution in [0.2, 0.25) is 0 Å². The summed E-state index contributed by atoms with van der Waals surface area (Å²) in [5.41, 5.74) is 9.48. The molecule has 0 aliphatic heterocycles. The molecule has 1 aromatic heterocycles. The van der Waals surface area contributed by atoms with Crippen molar-refractivity contribution in [3.05, 3.63) is 64.8 Å². The maximum atomic E-state index is 5.31. The van der Waals surface area contributed by atoms with Crippen molar-refractivity contribution in [1.29, 1.82) is 0 Å². The summed E-state index contributed by atoms with van der Waals surface area (Å²) in [5.74, 6) is 0. The van der Waals surface area contributed by atoms with Gasteiger partial charge in [0.2, 0.25) is 0 Å². The SMILES string of the molecule is Cc1ccc(NC(=S)N/N=C/c2c(C)[nH]c3ccccc23)c(C)c1. The molecule has 0 bridgehead atoms. The first-order valence-electron chi connectivity index (χ1n) is 7.79. The fraction of sp³-hybridized carbons (Fsp3) is 0.158. The van der Waals surface area contributed by atoms with E-state index in [0.717, 1.165) is 33.4 Å². The molecular formula is C19H20N4S. The Kier molecular flexibility index (Phi) is 4.62. The fourth-order valence-corrected chi connectivity index (χ4v) is 2.89. The van der Waals surface area contributed by atoms with Gasteiger partial charge in [-0.2, -0.15) is 5.10 Å². The number of nitrogens with one attached hydrogen (secondary N) is 3. The molecular weight excluding hydrogens is 316 g/mol. The number of aromatic nitrogens is 1. The van der Waals surface area contributed by atoms with Crippen LogP contribution in [0.5, 0.6) is 0 Å². The van der Waals surface area contributed by atoms with Crippen LogP contribution >= 0.6 is 12.2 Å². The summed E-state index contributed by atoms with van der Waals surface area (Å²) in [7, 11) is 0. The quantitative estimate of drug-likeness (QED) is 0.377. The molecule has 0 unspecified atom stereocenters. The fourth-order valence-electron chi connectivity index (χ4n) is 2.72. The van der Waals surface area contributed by atoms with Crippen molar-refractivity contribution < 1.29 is 0 Å². The van der Waals surface area contributed by atoms with Gasteiger partial charge in [-0.15, -0.1) is 0 Å². The summed E-state index contributed by atoms with van der Waals surface area (Å²) in [4.78, 5) is 3.35. The van der Waals surface area contributed by atoms with Gasteiger partial charge in [-0.3, -0.25) is 5.43 Å². The van der Waals surface area contributed by atoms with Gasteiger partial charge in [0.25, 0.3) is 0 Å². The van der Waals surface area contributed by atoms with E-state index in [2.05, 4.69) is 58.9 Å². The minimum atomic E-state index is 0.468. The standard InChI is InChI=1S/C19H20N4S/c1-12-8-9-17(13(2)10-12)22-19(24)23-20-11-16-14(3)21-18-7-5-4-6-15(16)18/h4-11,21H,1-3H3,(H2,22,23,24)/b20-11+. The van der Waals surface area contributed by atoms with Gasteiger partial charge in [0.05, 0.1) is 6.21 Å². The van der Waals surface area contributed by atoms with Crippen LogP contribution in [0.1, 0.15) is 22.4 Å². The molecule has 0 radical (unpaired) electrons. The lowest BCUT2D eigenvalue weighted by atomic mass is 10.1. The van der Waals surface area contributed by atoms with Crippen molar-refractivity contribution in [2.24, 2.45) is 5.10 Å². The topological polar surface area (TPSA) is 52.2 Å². The van der Waals surface area contributed by atoms with Crippen LogP contribution in [-0.4, -0.2) is 16.3 Å². The van der Waals surface area contributed by atoms with Crippen LogP contribution in [0.25, 0.3) is 10.9 Å². The highest BCUT2D eigenvalue weighted by Crippen LogP contribution is 2.20. The van der Waals surface area contributed by atoms with Crippen molar-refractivity contribution in [3.8, 4) is 0 Å². The van der Waals surface area contributed by atoms with Crippen LogP contribution in [0.3, 0.4) is 0 Å². The summed E-state index contributed by atoms with van der Waals surface area (Å²) < 4.78 is 0. The smallest absolute Gasteiger partial charge is 0.191 e. The van der Waals surface area contributed by atoms with Gasteiger partial charge >= 0.3 is 0 Å². The average Bonchev–Trinajstić information content (AvgIpc) is 2.86. The Morgan fingerprint density at radius 3 is 2.71 bits per heavy atom. The largest absolute Gasteiger partial charge is 0.358 e. The van der Waals surface area contributed by atoms with E-state index in [1.165, 1.54) is 5.56 Å². The van der Waals surface area contributed by atoms with Crippen LogP contribution in [0, 0.1) is 20.8 Å². The lowest BCUT2D eigenvalue weighted by Gasteiger charge is -2.10. The van der Waals surface area contributed by atoms with Crippen LogP contribution < -0.4 is 10.7 Å². The molecule has 3 N–H and O–H groups in total. The first kappa shape index (κ1) is 16.2. The Morgan fingerprint density at radius 1 is 1.12 bits per heavy atom. The van der Waals surface area contributed by atoms with E-state index >= 15 is 0 Å². The van der Waals surface area contributed by atoms with Crippen molar-refractivity contribution >= 4 is 40.1 Å². The molecule has 4 nitrogen and oxygen atoms in total. The maximum Gasteiger partial charge on any atom is 0.191 e. The van der Waals surface area contributed by atoms with Gasteiger partial charge in [-0.1, -0.05) is 35.9 Å². The van der Waals surface area contributed by atoms with Crippen LogP contribution in [0.4, 0.5) is 5.69 Å². The summed E-state index contributed by atoms with van der Waals surface area (Å²) in [6.45, 7) is 6.16. The number of hydrazone groups is 1. The molecule has 5 heteroatoms. The first-order valence-corrected chi connectivity index (χ1v) is 8.20. The number of aromatic amines is 1. The minimum Gasteiger partial charge on any atom is -0.358 e. The second kappa shape index (κ2) is 6.84. The molecule has 2 aromatic carbocycles. The van der Waals surface area contributed by atoms with E-state index in [1.807, 2.05) is 25.1 Å². The second-order valence-corrected chi connectivity index (χ2v) is 6.26. The molecule has 0 atom stereocenters. The number of fused-ring (bicyclic) bond motifs is 1. The molecule has 122 valence electrons. The predicted octanol–water partition coefficient (Wildman–Crippen LogP) is 4.41. The normalized spacial score (nSPS) is 11.1. The van der Waals surface area contributed by atoms with Gasteiger partial charge in [0.1, 0.15) is 0 Å². The summed E-state index contributed by atoms with van der Waals surface area (Å²) in [5, 5.41) is 9.05. The third-order valence-corrected chi connectivity index (χ3v) is 4.13. The predicted molar refractivity (Wildman–Crippen MR) is 106 cm³/mol. The molecule has 24 heavy (non-hydrogen) atoms. The number of hydrogen-bond acceptors (Lipinski definition) is 2. The number of para-hydroxylation sites is 1. The van der Waals surface area contributed by atoms with E-state index in [0.29, 0.717) is 5.11 Å². The molecule has 0 amide bonds. The van der Waals surface area contributed by atoms with Crippen molar-refractivity contribution in [1.82, 2.24) is 10.4 Å². The van der Waals surface area contributed by atoms with Crippen LogP contribution in [-0.2, 0) is 0 Å². The Morgan fingerprint density at radius 2 is 1.92 bits per heavy atom. The third-order valence-electron chi connectivity index (χ3n) is 3.93. The number of nitrogens with zero attached hydrogens (tertiary/aromatic N) is 1. The number of thiocarbonyl (C=S) groups is 1. The molecule has 0 aliphatic carbocycles. The molecule has 3 aromatic rings. The van der Waals surface area contributed by atoms with Gasteiger partial charge in [0, 0.05) is 27.8 Å². The molecule has 0 spiro atoms. The monoisotopic (exact) mass is 336 g/mol. The highest BCUT2D eigenvalue weighted by atomic mass is 32.1. The number of H-pyrrole nitrogens is 1. The highest BCUT2D eigenvalue weighted by Gasteiger charge is 2.05. The van der Waals surface area contributed by atoms with E-state index < -0.39 is 0 Å². The molecule has 0 saturated carbocycles. The zero-order valence-corrected chi connectivity index (χ0v) is 14.8. The molecule has 0 aliphatic rings. The first-order chi connectivity index (χ1) is 11.5. The highest BCUT2D eigenvalue weighted by molar-refractivity contribution is 7.80. The second-order valence-electron chi connectivity index (χ2n) is 5.85. The van der Waals surface area contributed by atoms with E-state index in [-0.39, 0.29) is 0 Å². The Balaban J connectivity index is 1.69. The summed E-state index contributed by atoms with van der Waals surface area (Å²) in [6.07, 6.45) is 1.80. The van der Waals surface area contributed by atoms with Gasteiger partial charge < -0.3 is 10.3 Å². The number of aryl methyl sites for hydroxylation is 3. The molecule has 1 heterocycles. The van der Waals surface area contributed by atoms with Crippen molar-refractivity contribution in [2.75, 3.05) is 5.32 Å². The van der Waals surface area contributed by atoms with Crippen molar-refractivity contribution in [2.45, 2.75) is 20.8 Å². The average molecular weight is 336 g/mol. The van der Waals surface area contributed by atoms with E-state index in [1.54, 1.807) is 6.21 Å². The Hall–Kier alpha value is -2.66. The zero-order valence-electron chi connectivity index (χ0n) is 14.0. The number of anilines is 1. The van der Waals surface area contributed by atoms with Crippen LogP contribution in [0.15, 0.2) is 47.6 Å². The number of hydrogen-bond donors (Lipinski definition) is 3. The Bertz CT molecular complexity index is 924. The Labute approximate surface area is 147 Å². The molecule has 0 fully saturated rings. The summed E-state index contributed by atoms with van der Waals surface area (Å²) in [6, 6.07) is 14.4. The lowest BCUT2D eigenvalue weighted by molar-refractivity contribution is 1.05.